The van der Waals surface area contributed by atoms with Gasteiger partial charge in [-0.2, -0.15) is 5.26 Å². The van der Waals surface area contributed by atoms with Gasteiger partial charge < -0.3 is 10.6 Å². The van der Waals surface area contributed by atoms with Crippen LogP contribution in [0, 0.1) is 28.8 Å². The van der Waals surface area contributed by atoms with Crippen LogP contribution in [0.1, 0.15) is 23.4 Å². The number of halogens is 3. The van der Waals surface area contributed by atoms with Crippen LogP contribution < -0.4 is 5.73 Å². The summed E-state index contributed by atoms with van der Waals surface area (Å²) in [7, 11) is 0. The molecule has 7 nitrogen and oxygen atoms in total. The predicted molar refractivity (Wildman–Crippen MR) is 82.8 cm³/mol. The number of aromatic nitrogens is 3. The van der Waals surface area contributed by atoms with Gasteiger partial charge in [0.05, 0.1) is 18.8 Å². The molecule has 1 aliphatic heterocycles. The molecule has 0 fully saturated rings. The van der Waals surface area contributed by atoms with Crippen molar-refractivity contribution in [3.8, 4) is 6.07 Å². The van der Waals surface area contributed by atoms with Crippen LogP contribution in [-0.2, 0) is 24.3 Å². The highest BCUT2D eigenvalue weighted by molar-refractivity contribution is 5.77. The van der Waals surface area contributed by atoms with Gasteiger partial charge in [-0.1, -0.05) is 5.21 Å². The number of carbonyl (C=O) groups excluding carboxylic acids is 1. The van der Waals surface area contributed by atoms with Crippen LogP contribution in [0.4, 0.5) is 13.2 Å². The summed E-state index contributed by atoms with van der Waals surface area (Å²) in [5.74, 6) is -3.63. The van der Waals surface area contributed by atoms with Crippen molar-refractivity contribution in [3.63, 3.8) is 0 Å². The lowest BCUT2D eigenvalue weighted by Crippen LogP contribution is -2.41. The topological polar surface area (TPSA) is 101 Å². The van der Waals surface area contributed by atoms with E-state index in [2.05, 4.69) is 10.3 Å². The van der Waals surface area contributed by atoms with Crippen molar-refractivity contribution in [1.29, 1.82) is 5.26 Å². The van der Waals surface area contributed by atoms with Crippen molar-refractivity contribution in [2.45, 2.75) is 32.0 Å². The minimum atomic E-state index is -1.28. The van der Waals surface area contributed by atoms with E-state index in [1.165, 1.54) is 4.90 Å². The zero-order chi connectivity index (χ0) is 18.8. The molecule has 2 N–H and O–H groups in total. The third kappa shape index (κ3) is 3.52. The van der Waals surface area contributed by atoms with Crippen LogP contribution >= 0.6 is 0 Å². The molecule has 3 rings (SSSR count). The highest BCUT2D eigenvalue weighted by Gasteiger charge is 2.26. The molecule has 136 valence electrons. The first-order valence-electron chi connectivity index (χ1n) is 7.88. The SMILES string of the molecule is N#Cc1nnn2c1CN(C(=O)C[C@H](N)Cc1cc(F)c(F)cc1F)CC2. The lowest BCUT2D eigenvalue weighted by Gasteiger charge is -2.28. The third-order valence-electron chi connectivity index (χ3n) is 4.23. The van der Waals surface area contributed by atoms with E-state index in [1.807, 2.05) is 6.07 Å². The second kappa shape index (κ2) is 7.13. The molecule has 0 aliphatic carbocycles. The molecule has 0 unspecified atom stereocenters. The Bertz CT molecular complexity index is 891. The molecule has 0 saturated carbocycles. The molecule has 1 amide bonds. The van der Waals surface area contributed by atoms with Crippen molar-refractivity contribution in [1.82, 2.24) is 19.9 Å². The van der Waals surface area contributed by atoms with E-state index in [4.69, 9.17) is 11.0 Å². The Hall–Kier alpha value is -2.93. The highest BCUT2D eigenvalue weighted by Crippen LogP contribution is 2.18. The smallest absolute Gasteiger partial charge is 0.224 e. The predicted octanol–water partition coefficient (Wildman–Crippen LogP) is 0.869. The van der Waals surface area contributed by atoms with Gasteiger partial charge in [-0.3, -0.25) is 4.79 Å². The fourth-order valence-corrected chi connectivity index (χ4v) is 2.87. The molecule has 2 aromatic rings. The van der Waals surface area contributed by atoms with Crippen molar-refractivity contribution >= 4 is 5.91 Å². The normalized spacial score (nSPS) is 14.7. The lowest BCUT2D eigenvalue weighted by atomic mass is 10.0. The summed E-state index contributed by atoms with van der Waals surface area (Å²) in [5.41, 5.74) is 6.51. The molecule has 0 spiro atoms. The number of nitrogens with two attached hydrogens (primary N) is 1. The number of carbonyl (C=O) groups is 1. The summed E-state index contributed by atoms with van der Waals surface area (Å²) in [6, 6.07) is 2.37. The Labute approximate surface area is 146 Å². The molecule has 1 atom stereocenters. The number of amides is 1. The van der Waals surface area contributed by atoms with Crippen LogP contribution in [0.3, 0.4) is 0 Å². The maximum Gasteiger partial charge on any atom is 0.224 e. The monoisotopic (exact) mass is 364 g/mol. The first kappa shape index (κ1) is 17.9. The molecule has 1 aromatic carbocycles. The van der Waals surface area contributed by atoms with Gasteiger partial charge in [0.1, 0.15) is 11.9 Å². The minimum absolute atomic E-state index is 0.0862. The standard InChI is InChI=1S/C16H15F3N6O/c17-11-6-13(19)12(18)4-9(11)3-10(21)5-16(26)24-1-2-25-15(8-24)14(7-20)22-23-25/h4,6,10H,1-3,5,8,21H2/t10-/m1/s1. The lowest BCUT2D eigenvalue weighted by molar-refractivity contribution is -0.133. The van der Waals surface area contributed by atoms with Crippen molar-refractivity contribution < 1.29 is 18.0 Å². The number of rotatable bonds is 4. The van der Waals surface area contributed by atoms with Crippen molar-refractivity contribution in [2.75, 3.05) is 6.54 Å². The fourth-order valence-electron chi connectivity index (χ4n) is 2.87. The number of fused-ring (bicyclic) bond motifs is 1. The van der Waals surface area contributed by atoms with Crippen LogP contribution in [0.5, 0.6) is 0 Å². The van der Waals surface area contributed by atoms with Gasteiger partial charge in [0, 0.05) is 25.1 Å². The van der Waals surface area contributed by atoms with Gasteiger partial charge in [0.15, 0.2) is 17.3 Å². The maximum atomic E-state index is 13.7. The summed E-state index contributed by atoms with van der Waals surface area (Å²) in [4.78, 5) is 13.9. The molecular weight excluding hydrogens is 349 g/mol. The zero-order valence-electron chi connectivity index (χ0n) is 13.6. The minimum Gasteiger partial charge on any atom is -0.335 e. The van der Waals surface area contributed by atoms with E-state index < -0.39 is 23.5 Å². The summed E-state index contributed by atoms with van der Waals surface area (Å²) in [6.07, 6.45) is -0.201. The van der Waals surface area contributed by atoms with E-state index in [-0.39, 0.29) is 36.6 Å². The fraction of sp³-hybridized carbons (Fsp3) is 0.375. The summed E-state index contributed by atoms with van der Waals surface area (Å²) in [5, 5.41) is 16.6. The van der Waals surface area contributed by atoms with Gasteiger partial charge in [-0.05, 0) is 18.1 Å². The van der Waals surface area contributed by atoms with E-state index in [9.17, 15) is 18.0 Å². The van der Waals surface area contributed by atoms with Gasteiger partial charge in [-0.15, -0.1) is 5.10 Å². The van der Waals surface area contributed by atoms with Gasteiger partial charge in [0.25, 0.3) is 0 Å². The number of benzene rings is 1. The van der Waals surface area contributed by atoms with Crippen molar-refractivity contribution in [2.24, 2.45) is 5.73 Å². The quantitative estimate of drug-likeness (QED) is 0.812. The number of nitrogens with zero attached hydrogens (tertiary/aromatic N) is 5. The third-order valence-corrected chi connectivity index (χ3v) is 4.23. The zero-order valence-corrected chi connectivity index (χ0v) is 13.6. The van der Waals surface area contributed by atoms with Gasteiger partial charge >= 0.3 is 0 Å². The van der Waals surface area contributed by atoms with Crippen LogP contribution in [-0.4, -0.2) is 38.4 Å². The van der Waals surface area contributed by atoms with Crippen LogP contribution in [0.2, 0.25) is 0 Å². The van der Waals surface area contributed by atoms with Gasteiger partial charge in [0.2, 0.25) is 5.91 Å². The number of hydrogen-bond acceptors (Lipinski definition) is 5. The average molecular weight is 364 g/mol. The van der Waals surface area contributed by atoms with Crippen LogP contribution in [0.25, 0.3) is 0 Å². The second-order valence-corrected chi connectivity index (χ2v) is 6.06. The Morgan fingerprint density at radius 1 is 1.27 bits per heavy atom. The molecule has 0 radical (unpaired) electrons. The average Bonchev–Trinajstić information content (AvgIpc) is 3.01. The summed E-state index contributed by atoms with van der Waals surface area (Å²) in [6.45, 7) is 0.968. The second-order valence-electron chi connectivity index (χ2n) is 6.06. The van der Waals surface area contributed by atoms with Crippen LogP contribution in [0.15, 0.2) is 12.1 Å². The largest absolute Gasteiger partial charge is 0.335 e. The first-order valence-corrected chi connectivity index (χ1v) is 7.88. The molecule has 10 heteroatoms. The van der Waals surface area contributed by atoms with E-state index in [1.54, 1.807) is 4.68 Å². The van der Waals surface area contributed by atoms with E-state index >= 15 is 0 Å². The molecule has 0 bridgehead atoms. The molecular formula is C16H15F3N6O. The summed E-state index contributed by atoms with van der Waals surface area (Å²) >= 11 is 0. The Morgan fingerprint density at radius 2 is 2.00 bits per heavy atom. The Morgan fingerprint density at radius 3 is 2.73 bits per heavy atom. The molecule has 0 saturated heterocycles. The number of nitriles is 1. The number of hydrogen-bond donors (Lipinski definition) is 1. The van der Waals surface area contributed by atoms with Gasteiger partial charge in [-0.25, -0.2) is 17.9 Å². The first-order chi connectivity index (χ1) is 12.4. The van der Waals surface area contributed by atoms with E-state index in [0.717, 1.165) is 6.07 Å². The Kier molecular flexibility index (Phi) is 4.90. The highest BCUT2D eigenvalue weighted by atomic mass is 19.2. The Balaban J connectivity index is 1.63. The molecule has 2 heterocycles. The summed E-state index contributed by atoms with van der Waals surface area (Å²) < 4.78 is 41.5. The molecule has 1 aromatic heterocycles. The molecule has 26 heavy (non-hydrogen) atoms. The maximum absolute atomic E-state index is 13.7. The van der Waals surface area contributed by atoms with E-state index in [0.29, 0.717) is 24.8 Å². The van der Waals surface area contributed by atoms with Crippen molar-refractivity contribution in [3.05, 3.63) is 46.5 Å². The molecule has 1 aliphatic rings.